The van der Waals surface area contributed by atoms with E-state index < -0.39 is 0 Å². The number of aromatic amines is 1. The number of nitrogens with zero attached hydrogens (tertiary/aromatic N) is 4. The van der Waals surface area contributed by atoms with Crippen molar-refractivity contribution in [3.8, 4) is 0 Å². The number of aryl methyl sites for hydroxylation is 1. The van der Waals surface area contributed by atoms with E-state index in [0.717, 1.165) is 43.1 Å². The number of aliphatic hydroxyl groups excluding tert-OH is 1. The summed E-state index contributed by atoms with van der Waals surface area (Å²) in [4.78, 5) is 18.1. The van der Waals surface area contributed by atoms with Gasteiger partial charge in [0.05, 0.1) is 6.10 Å². The smallest absolute Gasteiger partial charge is 0.183 e. The normalized spacial score (nSPS) is 17.9. The molecule has 1 aliphatic heterocycles. The number of fused-ring (bicyclic) bond motifs is 1. The van der Waals surface area contributed by atoms with Crippen molar-refractivity contribution in [3.05, 3.63) is 12.2 Å². The minimum absolute atomic E-state index is 0.174. The van der Waals surface area contributed by atoms with Crippen LogP contribution in [0.25, 0.3) is 11.2 Å². The van der Waals surface area contributed by atoms with Gasteiger partial charge in [-0.1, -0.05) is 0 Å². The topological polar surface area (TPSA) is 77.9 Å². The number of aliphatic hydroxyl groups is 1. The summed E-state index contributed by atoms with van der Waals surface area (Å²) in [7, 11) is 0. The van der Waals surface area contributed by atoms with Gasteiger partial charge in [0.2, 0.25) is 0 Å². The minimum atomic E-state index is -0.174. The van der Waals surface area contributed by atoms with Gasteiger partial charge in [0.25, 0.3) is 0 Å². The maximum absolute atomic E-state index is 9.51. The first-order valence-electron chi connectivity index (χ1n) is 5.84. The second-order valence-corrected chi connectivity index (χ2v) is 4.44. The molecular weight excluding hydrogens is 218 g/mol. The molecule has 17 heavy (non-hydrogen) atoms. The van der Waals surface area contributed by atoms with Gasteiger partial charge < -0.3 is 15.0 Å². The third kappa shape index (κ3) is 1.84. The Labute approximate surface area is 98.7 Å². The second kappa shape index (κ2) is 3.96. The fourth-order valence-electron chi connectivity index (χ4n) is 2.25. The molecule has 0 unspecified atom stereocenters. The van der Waals surface area contributed by atoms with Crippen LogP contribution in [0.4, 0.5) is 5.82 Å². The van der Waals surface area contributed by atoms with Crippen molar-refractivity contribution in [1.29, 1.82) is 0 Å². The molecule has 0 saturated carbocycles. The van der Waals surface area contributed by atoms with E-state index in [1.54, 1.807) is 6.33 Å². The van der Waals surface area contributed by atoms with E-state index in [1.165, 1.54) is 0 Å². The number of piperidine rings is 1. The third-order valence-electron chi connectivity index (χ3n) is 3.15. The molecular formula is C11H15N5O. The number of rotatable bonds is 1. The van der Waals surface area contributed by atoms with Crippen LogP contribution in [0.3, 0.4) is 0 Å². The van der Waals surface area contributed by atoms with Gasteiger partial charge in [0.15, 0.2) is 11.5 Å². The summed E-state index contributed by atoms with van der Waals surface area (Å²) in [5.74, 6) is 1.74. The number of hydrogen-bond donors (Lipinski definition) is 2. The molecule has 0 spiro atoms. The molecule has 0 aliphatic carbocycles. The van der Waals surface area contributed by atoms with Gasteiger partial charge in [-0.05, 0) is 19.8 Å². The van der Waals surface area contributed by atoms with Gasteiger partial charge in [-0.3, -0.25) is 0 Å². The van der Waals surface area contributed by atoms with Crippen LogP contribution in [0.1, 0.15) is 18.7 Å². The molecule has 2 aromatic heterocycles. The van der Waals surface area contributed by atoms with Crippen LogP contribution >= 0.6 is 0 Å². The number of H-pyrrole nitrogens is 1. The maximum atomic E-state index is 9.51. The molecule has 0 amide bonds. The first kappa shape index (κ1) is 10.5. The highest BCUT2D eigenvalue weighted by Gasteiger charge is 2.20. The van der Waals surface area contributed by atoms with Gasteiger partial charge in [-0.25, -0.2) is 15.0 Å². The van der Waals surface area contributed by atoms with E-state index in [2.05, 4.69) is 24.8 Å². The Kier molecular flexibility index (Phi) is 2.44. The van der Waals surface area contributed by atoms with Crippen molar-refractivity contribution >= 4 is 17.0 Å². The van der Waals surface area contributed by atoms with Crippen LogP contribution in [0, 0.1) is 6.92 Å². The molecule has 1 saturated heterocycles. The van der Waals surface area contributed by atoms with Crippen LogP contribution in [0.5, 0.6) is 0 Å². The molecule has 0 aromatic carbocycles. The van der Waals surface area contributed by atoms with Crippen LogP contribution in [-0.2, 0) is 0 Å². The molecule has 6 heteroatoms. The van der Waals surface area contributed by atoms with Gasteiger partial charge in [-0.15, -0.1) is 0 Å². The van der Waals surface area contributed by atoms with Crippen molar-refractivity contribution in [3.63, 3.8) is 0 Å². The monoisotopic (exact) mass is 233 g/mol. The number of aromatic nitrogens is 4. The molecule has 1 aliphatic rings. The van der Waals surface area contributed by atoms with Crippen LogP contribution < -0.4 is 4.90 Å². The molecule has 0 bridgehead atoms. The summed E-state index contributed by atoms with van der Waals surface area (Å²) < 4.78 is 0. The van der Waals surface area contributed by atoms with E-state index in [4.69, 9.17) is 0 Å². The number of imidazole rings is 1. The van der Waals surface area contributed by atoms with Crippen LogP contribution in [-0.4, -0.2) is 44.2 Å². The third-order valence-corrected chi connectivity index (χ3v) is 3.15. The summed E-state index contributed by atoms with van der Waals surface area (Å²) in [5, 5.41) is 9.51. The molecule has 2 aromatic rings. The molecule has 0 atom stereocenters. The highest BCUT2D eigenvalue weighted by molar-refractivity contribution is 5.83. The van der Waals surface area contributed by atoms with Crippen LogP contribution in [0.15, 0.2) is 6.33 Å². The highest BCUT2D eigenvalue weighted by Crippen LogP contribution is 2.23. The van der Waals surface area contributed by atoms with E-state index in [1.807, 2.05) is 6.92 Å². The number of nitrogens with one attached hydrogen (secondary N) is 1. The Bertz CT molecular complexity index is 530. The van der Waals surface area contributed by atoms with E-state index >= 15 is 0 Å². The molecule has 2 N–H and O–H groups in total. The fourth-order valence-corrected chi connectivity index (χ4v) is 2.25. The van der Waals surface area contributed by atoms with Gasteiger partial charge in [0.1, 0.15) is 17.7 Å². The number of anilines is 1. The zero-order chi connectivity index (χ0) is 11.8. The fraction of sp³-hybridized carbons (Fsp3) is 0.545. The average Bonchev–Trinajstić information content (AvgIpc) is 2.70. The minimum Gasteiger partial charge on any atom is -0.393 e. The summed E-state index contributed by atoms with van der Waals surface area (Å²) in [6.45, 7) is 3.56. The van der Waals surface area contributed by atoms with Crippen molar-refractivity contribution in [2.24, 2.45) is 0 Å². The summed E-state index contributed by atoms with van der Waals surface area (Å²) >= 11 is 0. The Morgan fingerprint density at radius 2 is 2.12 bits per heavy atom. The lowest BCUT2D eigenvalue weighted by Crippen LogP contribution is -2.36. The SMILES string of the molecule is Cc1nc2ncnc(N3CCC(O)CC3)c2[nH]1. The van der Waals surface area contributed by atoms with Gasteiger partial charge in [0, 0.05) is 13.1 Å². The predicted molar refractivity (Wildman–Crippen MR) is 63.9 cm³/mol. The maximum Gasteiger partial charge on any atom is 0.183 e. The molecule has 1 fully saturated rings. The summed E-state index contributed by atoms with van der Waals surface area (Å²) in [5.41, 5.74) is 1.60. The largest absolute Gasteiger partial charge is 0.393 e. The molecule has 3 rings (SSSR count). The van der Waals surface area contributed by atoms with E-state index in [-0.39, 0.29) is 6.10 Å². The zero-order valence-electron chi connectivity index (χ0n) is 9.72. The average molecular weight is 233 g/mol. The van der Waals surface area contributed by atoms with Crippen molar-refractivity contribution in [2.75, 3.05) is 18.0 Å². The Morgan fingerprint density at radius 1 is 1.35 bits per heavy atom. The lowest BCUT2D eigenvalue weighted by molar-refractivity contribution is 0.145. The molecule has 6 nitrogen and oxygen atoms in total. The zero-order valence-corrected chi connectivity index (χ0v) is 9.72. The summed E-state index contributed by atoms with van der Waals surface area (Å²) in [6.07, 6.45) is 2.95. The summed E-state index contributed by atoms with van der Waals surface area (Å²) in [6, 6.07) is 0. The van der Waals surface area contributed by atoms with Crippen molar-refractivity contribution < 1.29 is 5.11 Å². The van der Waals surface area contributed by atoms with Crippen molar-refractivity contribution in [2.45, 2.75) is 25.9 Å². The van der Waals surface area contributed by atoms with E-state index in [0.29, 0.717) is 5.65 Å². The number of hydrogen-bond acceptors (Lipinski definition) is 5. The Hall–Kier alpha value is -1.69. The van der Waals surface area contributed by atoms with Crippen LogP contribution in [0.2, 0.25) is 0 Å². The highest BCUT2D eigenvalue weighted by atomic mass is 16.3. The Morgan fingerprint density at radius 3 is 2.88 bits per heavy atom. The lowest BCUT2D eigenvalue weighted by atomic mass is 10.1. The van der Waals surface area contributed by atoms with Crippen molar-refractivity contribution in [1.82, 2.24) is 19.9 Å². The first-order valence-corrected chi connectivity index (χ1v) is 5.84. The standard InChI is InChI=1S/C11H15N5O/c1-7-14-9-10(15-7)12-6-13-11(9)16-4-2-8(17)3-5-16/h6,8,17H,2-5H2,1H3,(H,12,13,14,15). The Balaban J connectivity index is 1.99. The predicted octanol–water partition coefficient (Wildman–Crippen LogP) is 0.622. The van der Waals surface area contributed by atoms with Gasteiger partial charge in [-0.2, -0.15) is 0 Å². The lowest BCUT2D eigenvalue weighted by Gasteiger charge is -2.30. The molecule has 90 valence electrons. The quantitative estimate of drug-likeness (QED) is 0.755. The molecule has 3 heterocycles. The second-order valence-electron chi connectivity index (χ2n) is 4.44. The van der Waals surface area contributed by atoms with Gasteiger partial charge >= 0.3 is 0 Å². The van der Waals surface area contributed by atoms with E-state index in [9.17, 15) is 5.11 Å². The first-order chi connectivity index (χ1) is 8.24. The molecule has 0 radical (unpaired) electrons.